The van der Waals surface area contributed by atoms with Crippen LogP contribution in [-0.2, 0) is 4.74 Å². The van der Waals surface area contributed by atoms with Gasteiger partial charge in [0.2, 0.25) is 0 Å². The molecule has 0 aliphatic heterocycles. The van der Waals surface area contributed by atoms with E-state index in [-0.39, 0.29) is 18.0 Å². The third-order valence-corrected chi connectivity index (χ3v) is 4.23. The zero-order valence-corrected chi connectivity index (χ0v) is 14.1. The van der Waals surface area contributed by atoms with E-state index >= 15 is 0 Å². The van der Waals surface area contributed by atoms with Gasteiger partial charge in [0.25, 0.3) is 0 Å². The van der Waals surface area contributed by atoms with Crippen molar-refractivity contribution in [1.82, 2.24) is 14.5 Å². The van der Waals surface area contributed by atoms with Crippen molar-refractivity contribution in [2.75, 3.05) is 7.11 Å². The number of aromatic nitrogens is 3. The number of nitrogens with zero attached hydrogens (tertiary/aromatic N) is 3. The number of halogens is 2. The fraction of sp³-hybridized carbons (Fsp3) is 0.222. The first kappa shape index (κ1) is 16.6. The Morgan fingerprint density at radius 1 is 1.17 bits per heavy atom. The van der Waals surface area contributed by atoms with Gasteiger partial charge in [0.1, 0.15) is 17.1 Å². The first-order chi connectivity index (χ1) is 11.6. The monoisotopic (exact) mass is 345 g/mol. The number of rotatable bonds is 5. The van der Waals surface area contributed by atoms with E-state index in [1.165, 1.54) is 12.1 Å². The van der Waals surface area contributed by atoms with Crippen molar-refractivity contribution >= 4 is 11.6 Å². The van der Waals surface area contributed by atoms with Crippen molar-refractivity contribution in [2.45, 2.75) is 19.1 Å². The van der Waals surface area contributed by atoms with Crippen LogP contribution in [0, 0.1) is 5.82 Å². The van der Waals surface area contributed by atoms with Gasteiger partial charge in [-0.25, -0.2) is 14.4 Å². The van der Waals surface area contributed by atoms with Gasteiger partial charge in [-0.3, -0.25) is 0 Å². The topological polar surface area (TPSA) is 39.9 Å². The van der Waals surface area contributed by atoms with Gasteiger partial charge in [0, 0.05) is 13.3 Å². The number of ether oxygens (including phenoxy) is 1. The van der Waals surface area contributed by atoms with Crippen LogP contribution >= 0.6 is 11.6 Å². The maximum absolute atomic E-state index is 13.2. The van der Waals surface area contributed by atoms with E-state index in [1.807, 2.05) is 17.6 Å². The molecule has 0 fully saturated rings. The van der Waals surface area contributed by atoms with Crippen LogP contribution in [-0.4, -0.2) is 21.6 Å². The molecular weight excluding hydrogens is 329 g/mol. The minimum Gasteiger partial charge on any atom is -0.370 e. The van der Waals surface area contributed by atoms with Crippen LogP contribution in [0.5, 0.6) is 0 Å². The Kier molecular flexibility index (Phi) is 4.92. The van der Waals surface area contributed by atoms with Crippen LogP contribution in [0.3, 0.4) is 0 Å². The molecule has 0 aliphatic rings. The maximum atomic E-state index is 13.2. The molecule has 0 amide bonds. The van der Waals surface area contributed by atoms with Crippen molar-refractivity contribution in [3.63, 3.8) is 0 Å². The summed E-state index contributed by atoms with van der Waals surface area (Å²) in [6, 6.07) is 10.1. The maximum Gasteiger partial charge on any atom is 0.129 e. The Labute approximate surface area is 144 Å². The summed E-state index contributed by atoms with van der Waals surface area (Å²) in [6.07, 6.45) is 4.84. The highest BCUT2D eigenvalue weighted by Crippen LogP contribution is 2.30. The summed E-state index contributed by atoms with van der Waals surface area (Å²) in [6.45, 7) is 2.03. The number of benzene rings is 1. The Morgan fingerprint density at radius 3 is 2.58 bits per heavy atom. The minimum atomic E-state index is -0.323. The molecule has 0 aliphatic carbocycles. The smallest absolute Gasteiger partial charge is 0.129 e. The zero-order valence-electron chi connectivity index (χ0n) is 13.4. The van der Waals surface area contributed by atoms with Crippen LogP contribution in [0.1, 0.15) is 35.9 Å². The number of hydrogen-bond acceptors (Lipinski definition) is 3. The molecular formula is C18H17ClFN3O. The summed E-state index contributed by atoms with van der Waals surface area (Å²) in [5.41, 5.74) is 2.76. The van der Waals surface area contributed by atoms with Crippen LogP contribution < -0.4 is 0 Å². The number of pyridine rings is 1. The van der Waals surface area contributed by atoms with Crippen LogP contribution in [0.15, 0.2) is 55.1 Å². The normalized spacial score (nSPS) is 13.7. The zero-order chi connectivity index (χ0) is 17.1. The lowest BCUT2D eigenvalue weighted by Gasteiger charge is -2.22. The summed E-state index contributed by atoms with van der Waals surface area (Å²) in [7, 11) is 1.64. The van der Waals surface area contributed by atoms with E-state index < -0.39 is 0 Å². The second kappa shape index (κ2) is 7.11. The van der Waals surface area contributed by atoms with E-state index in [4.69, 9.17) is 16.3 Å². The van der Waals surface area contributed by atoms with Gasteiger partial charge in [0.15, 0.2) is 0 Å². The molecule has 0 spiro atoms. The predicted molar refractivity (Wildman–Crippen MR) is 90.5 cm³/mol. The lowest BCUT2D eigenvalue weighted by atomic mass is 10.1. The van der Waals surface area contributed by atoms with Crippen molar-refractivity contribution < 1.29 is 9.13 Å². The van der Waals surface area contributed by atoms with Gasteiger partial charge in [-0.2, -0.15) is 0 Å². The van der Waals surface area contributed by atoms with Gasteiger partial charge in [-0.1, -0.05) is 23.7 Å². The Bertz CT molecular complexity index is 819. The molecule has 124 valence electrons. The van der Waals surface area contributed by atoms with E-state index in [9.17, 15) is 4.39 Å². The van der Waals surface area contributed by atoms with Crippen LogP contribution in [0.2, 0.25) is 5.15 Å². The molecule has 2 atom stereocenters. The molecule has 1 aromatic carbocycles. The highest BCUT2D eigenvalue weighted by atomic mass is 35.5. The Balaban J connectivity index is 1.98. The van der Waals surface area contributed by atoms with E-state index in [0.29, 0.717) is 5.15 Å². The molecule has 0 saturated carbocycles. The van der Waals surface area contributed by atoms with Crippen LogP contribution in [0.4, 0.5) is 4.39 Å². The van der Waals surface area contributed by atoms with E-state index in [2.05, 4.69) is 9.97 Å². The summed E-state index contributed by atoms with van der Waals surface area (Å²) < 4.78 is 20.8. The van der Waals surface area contributed by atoms with E-state index in [1.54, 1.807) is 44.0 Å². The standard InChI is InChI=1S/C18H17ClFN3O/c1-12(13-3-5-15(20)6-4-13)23-11-21-10-16(23)18(24-2)14-7-8-22-17(19)9-14/h3-12,18H,1-2H3/t12-,18?/m1/s1. The highest BCUT2D eigenvalue weighted by Gasteiger charge is 2.21. The van der Waals surface area contributed by atoms with Crippen molar-refractivity contribution in [2.24, 2.45) is 0 Å². The third-order valence-electron chi connectivity index (χ3n) is 4.02. The number of imidazole rings is 1. The molecule has 4 nitrogen and oxygen atoms in total. The second-order valence-corrected chi connectivity index (χ2v) is 5.87. The molecule has 0 bridgehead atoms. The molecule has 6 heteroatoms. The van der Waals surface area contributed by atoms with E-state index in [0.717, 1.165) is 16.8 Å². The molecule has 0 radical (unpaired) electrons. The van der Waals surface area contributed by atoms with Crippen molar-refractivity contribution in [3.8, 4) is 0 Å². The first-order valence-electron chi connectivity index (χ1n) is 7.51. The van der Waals surface area contributed by atoms with Gasteiger partial charge in [-0.15, -0.1) is 0 Å². The predicted octanol–water partition coefficient (Wildman–Crippen LogP) is 4.42. The SMILES string of the molecule is COC(c1ccnc(Cl)c1)c1cncn1[C@H](C)c1ccc(F)cc1. The second-order valence-electron chi connectivity index (χ2n) is 5.48. The van der Waals surface area contributed by atoms with Gasteiger partial charge >= 0.3 is 0 Å². The molecule has 1 unspecified atom stereocenters. The third kappa shape index (κ3) is 3.32. The average molecular weight is 346 g/mol. The molecule has 2 aromatic heterocycles. The summed E-state index contributed by atoms with van der Waals surface area (Å²) >= 11 is 6.00. The molecule has 0 N–H and O–H groups in total. The Morgan fingerprint density at radius 2 is 1.92 bits per heavy atom. The average Bonchev–Trinajstić information content (AvgIpc) is 3.05. The summed E-state index contributed by atoms with van der Waals surface area (Å²) in [4.78, 5) is 8.27. The lowest BCUT2D eigenvalue weighted by molar-refractivity contribution is 0.128. The summed E-state index contributed by atoms with van der Waals surface area (Å²) in [5, 5.41) is 0.409. The fourth-order valence-corrected chi connectivity index (χ4v) is 2.93. The highest BCUT2D eigenvalue weighted by molar-refractivity contribution is 6.29. The molecule has 24 heavy (non-hydrogen) atoms. The molecule has 3 aromatic rings. The first-order valence-corrected chi connectivity index (χ1v) is 7.89. The fourth-order valence-electron chi connectivity index (χ4n) is 2.75. The molecule has 0 saturated heterocycles. The van der Waals surface area contributed by atoms with Gasteiger partial charge in [0.05, 0.1) is 24.3 Å². The lowest BCUT2D eigenvalue weighted by Crippen LogP contribution is -2.14. The van der Waals surface area contributed by atoms with Gasteiger partial charge < -0.3 is 9.30 Å². The van der Waals surface area contributed by atoms with Crippen molar-refractivity contribution in [3.05, 3.63) is 82.9 Å². The minimum absolute atomic E-state index is 0.0157. The van der Waals surface area contributed by atoms with Gasteiger partial charge in [-0.05, 0) is 42.3 Å². The van der Waals surface area contributed by atoms with Crippen LogP contribution in [0.25, 0.3) is 0 Å². The number of methoxy groups -OCH3 is 1. The summed E-state index contributed by atoms with van der Waals surface area (Å²) in [5.74, 6) is -0.252. The molecule has 2 heterocycles. The van der Waals surface area contributed by atoms with Crippen molar-refractivity contribution in [1.29, 1.82) is 0 Å². The number of hydrogen-bond donors (Lipinski definition) is 0. The Hall–Kier alpha value is -2.24. The molecule has 3 rings (SSSR count). The quantitative estimate of drug-likeness (QED) is 0.643. The largest absolute Gasteiger partial charge is 0.370 e.